The monoisotopic (exact) mass is 371 g/mol. The molecule has 2 aliphatic heterocycles. The number of hydrogen-bond donors (Lipinski definition) is 0. The number of carbonyl (C=O) groups excluding carboxylic acids is 2. The summed E-state index contributed by atoms with van der Waals surface area (Å²) in [4.78, 5) is 34.3. The summed E-state index contributed by atoms with van der Waals surface area (Å²) in [5, 5.41) is 0.879. The van der Waals surface area contributed by atoms with Gasteiger partial charge in [-0.2, -0.15) is 0 Å². The Morgan fingerprint density at radius 2 is 2.15 bits per heavy atom. The van der Waals surface area contributed by atoms with Crippen molar-refractivity contribution >= 4 is 23.2 Å². The lowest BCUT2D eigenvalue weighted by Crippen LogP contribution is -2.61. The van der Waals surface area contributed by atoms with E-state index in [1.807, 2.05) is 31.2 Å². The van der Waals surface area contributed by atoms with Gasteiger partial charge in [-0.3, -0.25) is 9.59 Å². The number of rotatable bonds is 4. The quantitative estimate of drug-likeness (QED) is 0.829. The highest BCUT2D eigenvalue weighted by molar-refractivity contribution is 7.15. The van der Waals surface area contributed by atoms with E-state index in [-0.39, 0.29) is 17.9 Å². The first-order valence-electron chi connectivity index (χ1n) is 8.78. The van der Waals surface area contributed by atoms with Gasteiger partial charge < -0.3 is 14.5 Å². The molecule has 0 spiro atoms. The van der Waals surface area contributed by atoms with E-state index in [9.17, 15) is 9.59 Å². The zero-order valence-electron chi connectivity index (χ0n) is 14.8. The molecule has 1 aromatic carbocycles. The van der Waals surface area contributed by atoms with Gasteiger partial charge in [0, 0.05) is 23.2 Å². The number of thiazole rings is 1. The molecule has 26 heavy (non-hydrogen) atoms. The molecule has 7 heteroatoms. The van der Waals surface area contributed by atoms with Crippen LogP contribution in [-0.4, -0.2) is 52.3 Å². The first-order chi connectivity index (χ1) is 12.6. The van der Waals surface area contributed by atoms with Crippen molar-refractivity contribution in [2.45, 2.75) is 38.4 Å². The number of amides is 2. The van der Waals surface area contributed by atoms with Crippen LogP contribution in [0.1, 0.15) is 24.6 Å². The fourth-order valence-corrected chi connectivity index (χ4v) is 4.60. The van der Waals surface area contributed by atoms with Crippen LogP contribution in [0.5, 0.6) is 5.75 Å². The van der Waals surface area contributed by atoms with E-state index in [4.69, 9.17) is 4.74 Å². The Morgan fingerprint density at radius 3 is 2.96 bits per heavy atom. The number of aromatic nitrogens is 1. The molecule has 0 saturated carbocycles. The molecule has 1 aromatic heterocycles. The lowest BCUT2D eigenvalue weighted by atomic mass is 10.1. The van der Waals surface area contributed by atoms with E-state index in [0.29, 0.717) is 13.1 Å². The number of hydrogen-bond acceptors (Lipinski definition) is 5. The maximum Gasteiger partial charge on any atom is 0.246 e. The molecular formula is C19H21N3O3S. The normalized spacial score (nSPS) is 22.7. The molecule has 0 radical (unpaired) electrons. The average Bonchev–Trinajstić information content (AvgIpc) is 3.33. The van der Waals surface area contributed by atoms with Gasteiger partial charge in [0.25, 0.3) is 0 Å². The number of nitrogens with zero attached hydrogens (tertiary/aromatic N) is 3. The first-order valence-corrected chi connectivity index (χ1v) is 9.60. The predicted octanol–water partition coefficient (Wildman–Crippen LogP) is 2.54. The van der Waals surface area contributed by atoms with Crippen molar-refractivity contribution in [3.63, 3.8) is 0 Å². The number of methoxy groups -OCH3 is 1. The summed E-state index contributed by atoms with van der Waals surface area (Å²) in [7, 11) is 1.64. The van der Waals surface area contributed by atoms with Gasteiger partial charge in [0.1, 0.15) is 22.8 Å². The van der Waals surface area contributed by atoms with Crippen molar-refractivity contribution in [1.29, 1.82) is 0 Å². The van der Waals surface area contributed by atoms with Crippen LogP contribution in [0, 0.1) is 0 Å². The molecular weight excluding hydrogens is 350 g/mol. The summed E-state index contributed by atoms with van der Waals surface area (Å²) in [5.74, 6) is 0.904. The number of carbonyl (C=O) groups is 2. The topological polar surface area (TPSA) is 62.7 Å². The second-order valence-electron chi connectivity index (χ2n) is 6.70. The zero-order chi connectivity index (χ0) is 18.3. The van der Waals surface area contributed by atoms with Gasteiger partial charge in [0.15, 0.2) is 0 Å². The van der Waals surface area contributed by atoms with E-state index in [1.54, 1.807) is 34.4 Å². The number of benzene rings is 1. The number of fused-ring (bicyclic) bond motifs is 1. The average molecular weight is 371 g/mol. The fraction of sp³-hybridized carbons (Fsp3) is 0.421. The molecule has 2 aromatic rings. The molecule has 0 aliphatic carbocycles. The molecule has 6 nitrogen and oxygen atoms in total. The molecule has 0 N–H and O–H groups in total. The largest absolute Gasteiger partial charge is 0.497 e. The second kappa shape index (κ2) is 6.72. The van der Waals surface area contributed by atoms with Crippen LogP contribution in [0.25, 0.3) is 10.6 Å². The third-order valence-electron chi connectivity index (χ3n) is 5.13. The number of piperazine rings is 1. The van der Waals surface area contributed by atoms with Gasteiger partial charge in [-0.15, -0.1) is 11.3 Å². The molecule has 2 fully saturated rings. The van der Waals surface area contributed by atoms with Gasteiger partial charge >= 0.3 is 0 Å². The van der Waals surface area contributed by atoms with E-state index in [2.05, 4.69) is 4.98 Å². The minimum atomic E-state index is -0.417. The molecule has 3 heterocycles. The van der Waals surface area contributed by atoms with Crippen molar-refractivity contribution in [2.75, 3.05) is 13.7 Å². The molecule has 2 saturated heterocycles. The highest BCUT2D eigenvalue weighted by Gasteiger charge is 2.45. The van der Waals surface area contributed by atoms with Gasteiger partial charge in [0.05, 0.1) is 13.7 Å². The highest BCUT2D eigenvalue weighted by atomic mass is 32.1. The Morgan fingerprint density at radius 1 is 1.31 bits per heavy atom. The van der Waals surface area contributed by atoms with Crippen molar-refractivity contribution in [1.82, 2.24) is 14.8 Å². The van der Waals surface area contributed by atoms with Gasteiger partial charge in [0.2, 0.25) is 11.8 Å². The standard InChI is InChI=1S/C19H21N3O3S/c1-12-18(23)21-8-4-7-16(21)19(24)22(12)11-15-10-20-17(26-15)13-5-3-6-14(9-13)25-2/h3,5-6,9-10,12,16H,4,7-8,11H2,1-2H3/t12-,16-/m0/s1. The summed E-state index contributed by atoms with van der Waals surface area (Å²) in [6.07, 6.45) is 3.47. The molecule has 136 valence electrons. The predicted molar refractivity (Wildman–Crippen MR) is 98.8 cm³/mol. The third-order valence-corrected chi connectivity index (χ3v) is 6.16. The fourth-order valence-electron chi connectivity index (χ4n) is 3.70. The molecule has 2 amide bonds. The molecule has 2 aliphatic rings. The van der Waals surface area contributed by atoms with Crippen LogP contribution in [0.3, 0.4) is 0 Å². The summed E-state index contributed by atoms with van der Waals surface area (Å²) in [6, 6.07) is 7.06. The minimum Gasteiger partial charge on any atom is -0.497 e. The van der Waals surface area contributed by atoms with Crippen LogP contribution in [-0.2, 0) is 16.1 Å². The SMILES string of the molecule is COc1cccc(-c2ncc(CN3C(=O)[C@@H]4CCCN4C(=O)[C@@H]3C)s2)c1. The lowest BCUT2D eigenvalue weighted by molar-refractivity contribution is -0.159. The molecule has 2 atom stereocenters. The van der Waals surface area contributed by atoms with Crippen LogP contribution in [0.2, 0.25) is 0 Å². The van der Waals surface area contributed by atoms with Gasteiger partial charge in [-0.1, -0.05) is 12.1 Å². The van der Waals surface area contributed by atoms with Crippen LogP contribution >= 0.6 is 11.3 Å². The van der Waals surface area contributed by atoms with Crippen LogP contribution in [0.4, 0.5) is 0 Å². The smallest absolute Gasteiger partial charge is 0.246 e. The van der Waals surface area contributed by atoms with E-state index < -0.39 is 6.04 Å². The molecule has 4 rings (SSSR count). The zero-order valence-corrected chi connectivity index (χ0v) is 15.7. The Kier molecular flexibility index (Phi) is 4.40. The summed E-state index contributed by atoms with van der Waals surface area (Å²) < 4.78 is 5.27. The van der Waals surface area contributed by atoms with E-state index >= 15 is 0 Å². The Labute approximate surface area is 156 Å². The van der Waals surface area contributed by atoms with Crippen LogP contribution < -0.4 is 4.74 Å². The Hall–Kier alpha value is -2.41. The Bertz CT molecular complexity index is 850. The number of ether oxygens (including phenoxy) is 1. The maximum atomic E-state index is 12.8. The van der Waals surface area contributed by atoms with Crippen molar-refractivity contribution < 1.29 is 14.3 Å². The van der Waals surface area contributed by atoms with Gasteiger partial charge in [-0.05, 0) is 31.9 Å². The summed E-state index contributed by atoms with van der Waals surface area (Å²) in [5.41, 5.74) is 0.983. The lowest BCUT2D eigenvalue weighted by Gasteiger charge is -2.40. The maximum absolute atomic E-state index is 12.8. The van der Waals surface area contributed by atoms with Crippen LogP contribution in [0.15, 0.2) is 30.5 Å². The summed E-state index contributed by atoms with van der Waals surface area (Å²) in [6.45, 7) is 2.95. The van der Waals surface area contributed by atoms with E-state index in [0.717, 1.165) is 34.0 Å². The minimum absolute atomic E-state index is 0.0598. The summed E-state index contributed by atoms with van der Waals surface area (Å²) >= 11 is 1.54. The van der Waals surface area contributed by atoms with Gasteiger partial charge in [-0.25, -0.2) is 4.98 Å². The van der Waals surface area contributed by atoms with Crippen molar-refractivity contribution in [2.24, 2.45) is 0 Å². The molecule has 0 bridgehead atoms. The van der Waals surface area contributed by atoms with Crippen molar-refractivity contribution in [3.05, 3.63) is 35.3 Å². The Balaban J connectivity index is 1.55. The van der Waals surface area contributed by atoms with Crippen molar-refractivity contribution in [3.8, 4) is 16.3 Å². The second-order valence-corrected chi connectivity index (χ2v) is 7.81. The molecule has 0 unspecified atom stereocenters. The van der Waals surface area contributed by atoms with E-state index in [1.165, 1.54) is 0 Å². The first kappa shape index (κ1) is 17.0. The highest BCUT2D eigenvalue weighted by Crippen LogP contribution is 2.31. The third kappa shape index (κ3) is 2.86.